The van der Waals surface area contributed by atoms with E-state index in [1.165, 1.54) is 0 Å². The lowest BCUT2D eigenvalue weighted by atomic mass is 9.80. The molecule has 45 heavy (non-hydrogen) atoms. The van der Waals surface area contributed by atoms with Crippen molar-refractivity contribution in [2.75, 3.05) is 18.7 Å². The Balaban J connectivity index is 1.55. The maximum absolute atomic E-state index is 13.8. The maximum Gasteiger partial charge on any atom is 0.356 e. The molecule has 0 saturated heterocycles. The summed E-state index contributed by atoms with van der Waals surface area (Å²) in [5, 5.41) is 11.7. The molecule has 0 aliphatic carbocycles. The molecule has 0 amide bonds. The second-order valence-corrected chi connectivity index (χ2v) is 13.1. The molecule has 0 bridgehead atoms. The van der Waals surface area contributed by atoms with Crippen molar-refractivity contribution in [1.29, 1.82) is 0 Å². The number of fused-ring (bicyclic) bond motifs is 1. The van der Waals surface area contributed by atoms with Crippen LogP contribution in [0.15, 0.2) is 97.3 Å². The van der Waals surface area contributed by atoms with Crippen LogP contribution in [0.3, 0.4) is 0 Å². The molecule has 5 aromatic rings. The lowest BCUT2D eigenvalue weighted by molar-refractivity contribution is -0.0642. The highest BCUT2D eigenvalue weighted by Crippen LogP contribution is 2.51. The lowest BCUT2D eigenvalue weighted by Crippen LogP contribution is -2.37. The number of aromatic nitrogens is 5. The molecule has 0 saturated carbocycles. The second-order valence-electron chi connectivity index (χ2n) is 11.2. The zero-order chi connectivity index (χ0) is 31.9. The molecule has 0 fully saturated rings. The number of imidazole rings is 1. The molecule has 236 valence electrons. The van der Waals surface area contributed by atoms with Gasteiger partial charge < -0.3 is 28.8 Å². The van der Waals surface area contributed by atoms with E-state index in [2.05, 4.69) is 20.4 Å². The summed E-state index contributed by atoms with van der Waals surface area (Å²) in [6.45, 7) is 7.53. The predicted molar refractivity (Wildman–Crippen MR) is 172 cm³/mol. The topological polar surface area (TPSA) is 136 Å². The minimum absolute atomic E-state index is 0.0791. The van der Waals surface area contributed by atoms with Gasteiger partial charge in [0.1, 0.15) is 11.9 Å². The van der Waals surface area contributed by atoms with Gasteiger partial charge in [-0.3, -0.25) is 4.57 Å². The SMILES string of the molecule is CC(C)OP(=O)(CO[C@H](COC(c1ccccc1)(c1ccccc1)c1ccccc1)Cn1cnc2c(N)nnnc21)OC(C)C. The summed E-state index contributed by atoms with van der Waals surface area (Å²) in [5.41, 5.74) is 8.69. The van der Waals surface area contributed by atoms with Crippen LogP contribution in [0.2, 0.25) is 0 Å². The van der Waals surface area contributed by atoms with Crippen molar-refractivity contribution in [3.63, 3.8) is 0 Å². The van der Waals surface area contributed by atoms with Crippen molar-refractivity contribution in [3.05, 3.63) is 114 Å². The van der Waals surface area contributed by atoms with E-state index >= 15 is 0 Å². The van der Waals surface area contributed by atoms with Crippen molar-refractivity contribution in [2.45, 2.75) is 58.2 Å². The molecule has 2 heterocycles. The van der Waals surface area contributed by atoms with Gasteiger partial charge in [-0.2, -0.15) is 0 Å². The van der Waals surface area contributed by atoms with E-state index < -0.39 is 19.3 Å². The summed E-state index contributed by atoms with van der Waals surface area (Å²) in [4.78, 5) is 4.38. The molecule has 0 aliphatic rings. The normalized spacial score (nSPS) is 13.1. The standard InChI is InChI=1S/C33H39N6O5P/c1-24(2)43-45(40,44-25(3)4)23-41-29(20-39-22-35-30-31(34)36-38-37-32(30)39)21-42-33(26-14-8-5-9-15-26,27-16-10-6-11-17-27)28-18-12-7-13-19-28/h5-19,22,24-25,29H,20-21,23H2,1-4H3,(H2,34,36,37)/t29-/m0/s1. The van der Waals surface area contributed by atoms with Crippen LogP contribution >= 0.6 is 7.60 Å². The zero-order valence-corrected chi connectivity index (χ0v) is 26.8. The van der Waals surface area contributed by atoms with Gasteiger partial charge in [0.15, 0.2) is 17.0 Å². The van der Waals surface area contributed by atoms with Gasteiger partial charge in [0.2, 0.25) is 0 Å². The summed E-state index contributed by atoms with van der Waals surface area (Å²) in [6.07, 6.45) is -0.0132. The Labute approximate surface area is 263 Å². The first kappa shape index (κ1) is 32.4. The fraction of sp³-hybridized carbons (Fsp3) is 0.333. The van der Waals surface area contributed by atoms with Crippen molar-refractivity contribution < 1.29 is 23.1 Å². The van der Waals surface area contributed by atoms with Crippen LogP contribution in [0.4, 0.5) is 5.82 Å². The van der Waals surface area contributed by atoms with Crippen LogP contribution in [0.1, 0.15) is 44.4 Å². The van der Waals surface area contributed by atoms with Crippen LogP contribution in [-0.2, 0) is 35.2 Å². The fourth-order valence-electron chi connectivity index (χ4n) is 5.24. The third-order valence-corrected chi connectivity index (χ3v) is 8.93. The number of rotatable bonds is 15. The Morgan fingerprint density at radius 2 is 1.31 bits per heavy atom. The van der Waals surface area contributed by atoms with Gasteiger partial charge in [-0.05, 0) is 49.6 Å². The Hall–Kier alpha value is -3.99. The number of hydrogen-bond acceptors (Lipinski definition) is 10. The quantitative estimate of drug-likeness (QED) is 0.105. The number of benzene rings is 3. The van der Waals surface area contributed by atoms with Crippen molar-refractivity contribution in [1.82, 2.24) is 25.0 Å². The van der Waals surface area contributed by atoms with Crippen molar-refractivity contribution >= 4 is 24.6 Å². The molecular formula is C33H39N6O5P. The summed E-state index contributed by atoms with van der Waals surface area (Å²) in [5.74, 6) is 0.170. The Morgan fingerprint density at radius 3 is 1.80 bits per heavy atom. The largest absolute Gasteiger partial charge is 0.380 e. The average molecular weight is 631 g/mol. The predicted octanol–water partition coefficient (Wildman–Crippen LogP) is 6.20. The van der Waals surface area contributed by atoms with E-state index in [-0.39, 0.29) is 37.5 Å². The highest BCUT2D eigenvalue weighted by molar-refractivity contribution is 7.53. The van der Waals surface area contributed by atoms with Gasteiger partial charge in [0, 0.05) is 0 Å². The van der Waals surface area contributed by atoms with Crippen LogP contribution in [0.5, 0.6) is 0 Å². The minimum Gasteiger partial charge on any atom is -0.380 e. The number of ether oxygens (including phenoxy) is 2. The molecule has 12 heteroatoms. The number of nitrogen functional groups attached to an aromatic ring is 1. The third-order valence-electron chi connectivity index (χ3n) is 6.98. The van der Waals surface area contributed by atoms with Gasteiger partial charge in [0.05, 0.1) is 37.8 Å². The molecule has 5 rings (SSSR count). The Kier molecular flexibility index (Phi) is 10.4. The summed E-state index contributed by atoms with van der Waals surface area (Å²) >= 11 is 0. The Bertz CT molecular complexity index is 1590. The summed E-state index contributed by atoms with van der Waals surface area (Å²) in [6, 6.07) is 30.2. The van der Waals surface area contributed by atoms with Gasteiger partial charge in [-0.15, -0.1) is 10.2 Å². The third kappa shape index (κ3) is 7.64. The highest BCUT2D eigenvalue weighted by Gasteiger charge is 2.39. The van der Waals surface area contributed by atoms with E-state index in [9.17, 15) is 4.57 Å². The average Bonchev–Trinajstić information content (AvgIpc) is 3.44. The second kappa shape index (κ2) is 14.4. The van der Waals surface area contributed by atoms with Gasteiger partial charge >= 0.3 is 7.60 Å². The summed E-state index contributed by atoms with van der Waals surface area (Å²) in [7, 11) is -3.63. The van der Waals surface area contributed by atoms with E-state index in [0.29, 0.717) is 11.2 Å². The lowest BCUT2D eigenvalue weighted by Gasteiger charge is -2.37. The van der Waals surface area contributed by atoms with Gasteiger partial charge in [-0.25, -0.2) is 4.98 Å². The smallest absolute Gasteiger partial charge is 0.356 e. The molecule has 3 aromatic carbocycles. The van der Waals surface area contributed by atoms with Crippen LogP contribution in [0.25, 0.3) is 11.2 Å². The molecule has 1 atom stereocenters. The fourth-order valence-corrected chi connectivity index (χ4v) is 7.09. The van der Waals surface area contributed by atoms with Gasteiger partial charge in [-0.1, -0.05) is 91.0 Å². The van der Waals surface area contributed by atoms with E-state index in [4.69, 9.17) is 24.3 Å². The molecule has 0 spiro atoms. The first-order chi connectivity index (χ1) is 21.7. The number of nitrogens with two attached hydrogens (primary N) is 1. The van der Waals surface area contributed by atoms with Gasteiger partial charge in [0.25, 0.3) is 0 Å². The minimum atomic E-state index is -3.63. The summed E-state index contributed by atoms with van der Waals surface area (Å²) < 4.78 is 40.5. The highest BCUT2D eigenvalue weighted by atomic mass is 31.2. The van der Waals surface area contributed by atoms with E-state index in [0.717, 1.165) is 16.7 Å². The number of nitrogens with zero attached hydrogens (tertiary/aromatic N) is 5. The number of anilines is 1. The molecule has 11 nitrogen and oxygen atoms in total. The van der Waals surface area contributed by atoms with Crippen LogP contribution < -0.4 is 5.73 Å². The molecule has 2 N–H and O–H groups in total. The zero-order valence-electron chi connectivity index (χ0n) is 25.9. The van der Waals surface area contributed by atoms with Crippen LogP contribution in [0, 0.1) is 0 Å². The first-order valence-electron chi connectivity index (χ1n) is 14.9. The molecule has 0 unspecified atom stereocenters. The van der Waals surface area contributed by atoms with Crippen molar-refractivity contribution in [3.8, 4) is 0 Å². The molecule has 0 aliphatic heterocycles. The first-order valence-corrected chi connectivity index (χ1v) is 16.6. The Morgan fingerprint density at radius 1 is 0.800 bits per heavy atom. The molecular weight excluding hydrogens is 591 g/mol. The van der Waals surface area contributed by atoms with Crippen molar-refractivity contribution in [2.24, 2.45) is 0 Å². The monoisotopic (exact) mass is 630 g/mol. The molecule has 2 aromatic heterocycles. The van der Waals surface area contributed by atoms with E-state index in [1.54, 1.807) is 38.6 Å². The molecule has 0 radical (unpaired) electrons. The maximum atomic E-state index is 13.8. The number of hydrogen-bond donors (Lipinski definition) is 1. The van der Waals surface area contributed by atoms with E-state index in [1.807, 2.05) is 91.0 Å². The van der Waals surface area contributed by atoms with Crippen LogP contribution in [-0.4, -0.2) is 56.2 Å².